The van der Waals surface area contributed by atoms with E-state index in [0.29, 0.717) is 51.9 Å². The van der Waals surface area contributed by atoms with Gasteiger partial charge in [0.1, 0.15) is 11.6 Å². The van der Waals surface area contributed by atoms with E-state index in [1.54, 1.807) is 42.5 Å². The molecule has 0 bridgehead atoms. The van der Waals surface area contributed by atoms with Gasteiger partial charge in [-0.15, -0.1) is 0 Å². The van der Waals surface area contributed by atoms with E-state index in [1.807, 2.05) is 18.2 Å². The molecule has 2 N–H and O–H groups in total. The minimum Gasteiger partial charge on any atom is -0.467 e. The maximum Gasteiger partial charge on any atom is 0.328 e. The van der Waals surface area contributed by atoms with E-state index < -0.39 is 17.6 Å². The van der Waals surface area contributed by atoms with Crippen molar-refractivity contribution in [3.63, 3.8) is 0 Å². The predicted octanol–water partition coefficient (Wildman–Crippen LogP) is 6.04. The van der Waals surface area contributed by atoms with Crippen LogP contribution in [-0.2, 0) is 26.3 Å². The Hall–Kier alpha value is -3.07. The lowest BCUT2D eigenvalue weighted by Gasteiger charge is -2.32. The Morgan fingerprint density at radius 2 is 1.92 bits per heavy atom. The lowest BCUT2D eigenvalue weighted by atomic mass is 9.84. The zero-order valence-electron chi connectivity index (χ0n) is 20.4. The molecule has 5 rings (SSSR count). The third-order valence-electron chi connectivity index (χ3n) is 6.98. The summed E-state index contributed by atoms with van der Waals surface area (Å²) in [6.07, 6.45) is 1.48. The molecular formula is C28H24BrCl2N3O4. The summed E-state index contributed by atoms with van der Waals surface area (Å²) in [6.45, 7) is 0.434. The monoisotopic (exact) mass is 615 g/mol. The van der Waals surface area contributed by atoms with Crippen molar-refractivity contribution in [3.05, 3.63) is 91.9 Å². The normalized spacial score (nSPS) is 20.2. The topological polar surface area (TPSA) is 87.7 Å². The first kappa shape index (κ1) is 26.5. The number of methoxy groups -OCH3 is 1. The van der Waals surface area contributed by atoms with Crippen molar-refractivity contribution in [2.45, 2.75) is 30.8 Å². The van der Waals surface area contributed by atoms with Crippen molar-refractivity contribution in [2.75, 3.05) is 24.3 Å². The Balaban J connectivity index is 1.60. The minimum atomic E-state index is -1.27. The average Bonchev–Trinajstić information content (AvgIpc) is 3.46. The van der Waals surface area contributed by atoms with Crippen molar-refractivity contribution in [3.8, 4) is 0 Å². The van der Waals surface area contributed by atoms with Gasteiger partial charge in [-0.2, -0.15) is 0 Å². The molecule has 0 spiro atoms. The lowest BCUT2D eigenvalue weighted by molar-refractivity contribution is -0.145. The number of carbonyl (C=O) groups excluding carboxylic acids is 3. The predicted molar refractivity (Wildman–Crippen MR) is 151 cm³/mol. The van der Waals surface area contributed by atoms with Gasteiger partial charge in [0.2, 0.25) is 0 Å². The maximum atomic E-state index is 13.8. The standard InChI is InChI=1S/C28H24BrCl2N3O4/c1-38-26(36)24-6-3-11-34(24)25(35)20-9-7-17(29)13-22(20)33-28(15-16-4-2-5-18(30)12-16)21-10-8-19(31)14-23(21)32-27(28)37/h2,4-5,7-10,12-14,24,33H,3,6,11,15H2,1H3,(H,32,37). The lowest BCUT2D eigenvalue weighted by Crippen LogP contribution is -2.45. The highest BCUT2D eigenvalue weighted by Crippen LogP contribution is 2.43. The Labute approximate surface area is 238 Å². The molecule has 0 saturated carbocycles. The van der Waals surface area contributed by atoms with Gasteiger partial charge < -0.3 is 20.3 Å². The molecule has 7 nitrogen and oxygen atoms in total. The SMILES string of the molecule is COC(=O)C1CCCN1C(=O)c1ccc(Br)cc1NC1(Cc2cccc(Cl)c2)C(=O)Nc2cc(Cl)ccc21. The number of likely N-dealkylation sites (tertiary alicyclic amines) is 1. The van der Waals surface area contributed by atoms with Crippen LogP contribution in [-0.4, -0.2) is 42.4 Å². The first-order valence-electron chi connectivity index (χ1n) is 12.0. The zero-order chi connectivity index (χ0) is 27.0. The van der Waals surface area contributed by atoms with Gasteiger partial charge in [0, 0.05) is 44.4 Å². The molecule has 0 radical (unpaired) electrons. The molecule has 38 heavy (non-hydrogen) atoms. The number of ether oxygens (including phenoxy) is 1. The van der Waals surface area contributed by atoms with E-state index in [-0.39, 0.29) is 18.2 Å². The molecule has 196 valence electrons. The van der Waals surface area contributed by atoms with Crippen LogP contribution < -0.4 is 10.6 Å². The third kappa shape index (κ3) is 4.88. The Bertz CT molecular complexity index is 1450. The summed E-state index contributed by atoms with van der Waals surface area (Å²) in [4.78, 5) is 41.4. The molecule has 0 aliphatic carbocycles. The van der Waals surface area contributed by atoms with Gasteiger partial charge >= 0.3 is 5.97 Å². The first-order chi connectivity index (χ1) is 18.2. The quantitative estimate of drug-likeness (QED) is 0.330. The van der Waals surface area contributed by atoms with Crippen LogP contribution in [0.3, 0.4) is 0 Å². The number of hydrogen-bond acceptors (Lipinski definition) is 5. The smallest absolute Gasteiger partial charge is 0.328 e. The molecule has 1 saturated heterocycles. The summed E-state index contributed by atoms with van der Waals surface area (Å²) in [6, 6.07) is 17.1. The Morgan fingerprint density at radius 3 is 2.68 bits per heavy atom. The number of nitrogens with zero attached hydrogens (tertiary/aromatic N) is 1. The average molecular weight is 617 g/mol. The number of carbonyl (C=O) groups is 3. The number of nitrogens with one attached hydrogen (secondary N) is 2. The minimum absolute atomic E-state index is 0.253. The number of esters is 1. The fourth-order valence-corrected chi connectivity index (χ4v) is 5.97. The molecule has 1 fully saturated rings. The summed E-state index contributed by atoms with van der Waals surface area (Å²) in [5.41, 5.74) is 1.62. The molecule has 3 aromatic rings. The van der Waals surface area contributed by atoms with Gasteiger partial charge in [0.05, 0.1) is 12.7 Å². The highest BCUT2D eigenvalue weighted by Gasteiger charge is 2.48. The number of fused-ring (bicyclic) bond motifs is 1. The zero-order valence-corrected chi connectivity index (χ0v) is 23.5. The van der Waals surface area contributed by atoms with Gasteiger partial charge in [-0.25, -0.2) is 4.79 Å². The summed E-state index contributed by atoms with van der Waals surface area (Å²) in [7, 11) is 1.32. The fraction of sp³-hybridized carbons (Fsp3) is 0.250. The van der Waals surface area contributed by atoms with Crippen LogP contribution in [0.25, 0.3) is 0 Å². The second-order valence-electron chi connectivity index (χ2n) is 9.35. The highest BCUT2D eigenvalue weighted by atomic mass is 79.9. The van der Waals surface area contributed by atoms with E-state index in [0.717, 1.165) is 10.0 Å². The second kappa shape index (κ2) is 10.6. The molecule has 10 heteroatoms. The van der Waals surface area contributed by atoms with Gasteiger partial charge in [-0.1, -0.05) is 57.3 Å². The molecule has 2 heterocycles. The maximum absolute atomic E-state index is 13.8. The van der Waals surface area contributed by atoms with Crippen LogP contribution in [0.4, 0.5) is 11.4 Å². The van der Waals surface area contributed by atoms with Crippen LogP contribution in [0.2, 0.25) is 10.0 Å². The molecular weight excluding hydrogens is 593 g/mol. The number of amides is 2. The van der Waals surface area contributed by atoms with Crippen LogP contribution in [0.5, 0.6) is 0 Å². The summed E-state index contributed by atoms with van der Waals surface area (Å²) < 4.78 is 5.65. The Morgan fingerprint density at radius 1 is 1.13 bits per heavy atom. The molecule has 2 aliphatic rings. The van der Waals surface area contributed by atoms with Crippen LogP contribution in [0.15, 0.2) is 65.1 Å². The molecule has 2 atom stereocenters. The van der Waals surface area contributed by atoms with Crippen molar-refractivity contribution in [1.29, 1.82) is 0 Å². The van der Waals surface area contributed by atoms with Crippen LogP contribution in [0, 0.1) is 0 Å². The van der Waals surface area contributed by atoms with Gasteiger partial charge in [-0.3, -0.25) is 9.59 Å². The number of halogens is 3. The third-order valence-corrected chi connectivity index (χ3v) is 7.95. The van der Waals surface area contributed by atoms with E-state index in [4.69, 9.17) is 27.9 Å². The van der Waals surface area contributed by atoms with Crippen LogP contribution >= 0.6 is 39.1 Å². The molecule has 3 aromatic carbocycles. The van der Waals surface area contributed by atoms with E-state index in [2.05, 4.69) is 26.6 Å². The van der Waals surface area contributed by atoms with Crippen LogP contribution in [0.1, 0.15) is 34.3 Å². The first-order valence-corrected chi connectivity index (χ1v) is 13.6. The van der Waals surface area contributed by atoms with Gasteiger partial charge in [0.25, 0.3) is 11.8 Å². The highest BCUT2D eigenvalue weighted by molar-refractivity contribution is 9.10. The van der Waals surface area contributed by atoms with E-state index in [1.165, 1.54) is 12.0 Å². The molecule has 2 aliphatic heterocycles. The van der Waals surface area contributed by atoms with Gasteiger partial charge in [0.15, 0.2) is 0 Å². The fourth-order valence-electron chi connectivity index (χ4n) is 5.22. The Kier molecular flexibility index (Phi) is 7.40. The van der Waals surface area contributed by atoms with Crippen molar-refractivity contribution in [1.82, 2.24) is 4.90 Å². The van der Waals surface area contributed by atoms with E-state index >= 15 is 0 Å². The number of hydrogen-bond donors (Lipinski definition) is 2. The summed E-state index contributed by atoms with van der Waals surface area (Å²) in [5, 5.41) is 7.41. The number of benzene rings is 3. The second-order valence-corrected chi connectivity index (χ2v) is 11.1. The molecule has 0 aromatic heterocycles. The molecule has 2 unspecified atom stereocenters. The van der Waals surface area contributed by atoms with Gasteiger partial charge in [-0.05, 0) is 60.9 Å². The van der Waals surface area contributed by atoms with E-state index in [9.17, 15) is 14.4 Å². The van der Waals surface area contributed by atoms with Crippen molar-refractivity contribution < 1.29 is 19.1 Å². The summed E-state index contributed by atoms with van der Waals surface area (Å²) in [5.74, 6) is -1.05. The largest absolute Gasteiger partial charge is 0.467 e. The van der Waals surface area contributed by atoms with Crippen molar-refractivity contribution in [2.24, 2.45) is 0 Å². The summed E-state index contributed by atoms with van der Waals surface area (Å²) >= 11 is 16.0. The number of anilines is 2. The van der Waals surface area contributed by atoms with Crippen molar-refractivity contribution >= 4 is 68.3 Å². The number of rotatable bonds is 6. The molecule has 2 amide bonds.